The molecule has 2 unspecified atom stereocenters. The number of likely N-dealkylation sites (tertiary alicyclic amines) is 1. The van der Waals surface area contributed by atoms with Crippen LogP contribution in [0.3, 0.4) is 0 Å². The molecular formula is C27H31ClN4O3S. The van der Waals surface area contributed by atoms with Crippen molar-refractivity contribution in [1.82, 2.24) is 10.2 Å². The van der Waals surface area contributed by atoms with Crippen molar-refractivity contribution in [2.45, 2.75) is 39.8 Å². The zero-order valence-corrected chi connectivity index (χ0v) is 22.6. The van der Waals surface area contributed by atoms with Gasteiger partial charge in [-0.15, -0.1) is 11.3 Å². The average Bonchev–Trinajstić information content (AvgIpc) is 3.09. The second-order valence-electron chi connectivity index (χ2n) is 10.3. The first kappa shape index (κ1) is 25.3. The largest absolute Gasteiger partial charge is 0.375 e. The highest BCUT2D eigenvalue weighted by Crippen LogP contribution is 2.63. The lowest BCUT2D eigenvalue weighted by Gasteiger charge is -2.25. The van der Waals surface area contributed by atoms with E-state index in [1.807, 2.05) is 32.0 Å². The Morgan fingerprint density at radius 2 is 2.00 bits per heavy atom. The van der Waals surface area contributed by atoms with Crippen molar-refractivity contribution >= 4 is 52.9 Å². The quantitative estimate of drug-likeness (QED) is 0.433. The molecule has 2 aliphatic heterocycles. The number of carbonyl (C=O) groups is 2. The molecule has 36 heavy (non-hydrogen) atoms. The number of fused-ring (bicyclic) bond motifs is 1. The molecule has 2 saturated heterocycles. The molecule has 1 aliphatic carbocycles. The molecule has 3 fully saturated rings. The predicted octanol–water partition coefficient (Wildman–Crippen LogP) is 4.18. The topological polar surface area (TPSA) is 83.4 Å². The van der Waals surface area contributed by atoms with Crippen molar-refractivity contribution in [3.8, 4) is 0 Å². The number of hydrogen-bond donors (Lipinski definition) is 1. The van der Waals surface area contributed by atoms with Gasteiger partial charge in [0.25, 0.3) is 0 Å². The molecule has 1 N–H and O–H groups in total. The number of rotatable bonds is 7. The Bertz CT molecular complexity index is 1250. The van der Waals surface area contributed by atoms with Gasteiger partial charge in [0, 0.05) is 42.0 Å². The molecule has 1 saturated carbocycles. The summed E-state index contributed by atoms with van der Waals surface area (Å²) in [5.41, 5.74) is 4.37. The molecule has 3 atom stereocenters. The third-order valence-corrected chi connectivity index (χ3v) is 9.04. The van der Waals surface area contributed by atoms with Crippen LogP contribution >= 0.6 is 22.9 Å². The highest BCUT2D eigenvalue weighted by molar-refractivity contribution is 7.15. The number of amides is 2. The van der Waals surface area contributed by atoms with E-state index in [-0.39, 0.29) is 41.7 Å². The lowest BCUT2D eigenvalue weighted by Crippen LogP contribution is -2.40. The molecule has 0 bridgehead atoms. The Kier molecular flexibility index (Phi) is 6.66. The maximum atomic E-state index is 12.9. The third kappa shape index (κ3) is 4.24. The second-order valence-corrected chi connectivity index (χ2v) is 11.9. The minimum absolute atomic E-state index is 0.0641. The number of aliphatic imine (C=N–C) groups is 2. The highest BCUT2D eigenvalue weighted by Gasteiger charge is 2.72. The van der Waals surface area contributed by atoms with Crippen LogP contribution < -0.4 is 5.32 Å². The van der Waals surface area contributed by atoms with E-state index >= 15 is 0 Å². The summed E-state index contributed by atoms with van der Waals surface area (Å²) >= 11 is 7.99. The van der Waals surface area contributed by atoms with Gasteiger partial charge < -0.3 is 10.1 Å². The summed E-state index contributed by atoms with van der Waals surface area (Å²) in [6, 6.07) is 5.81. The summed E-state index contributed by atoms with van der Waals surface area (Å²) in [7, 11) is 1.75. The number of thiophene rings is 1. The molecule has 1 aromatic heterocycles. The van der Waals surface area contributed by atoms with E-state index in [2.05, 4.69) is 28.9 Å². The standard InChI is InChI=1S/C27H31ClN4O3S/c1-14-8-15(28)9-19(18(14)10-16-12-31-6-7-35-16)23(30-5)24-20(29-4)11-17(36-24)13-32-25(33)21-22(26(32)34)27(21,2)3/h8-9,11,16,21-22,31H,4,6-7,10,12-13H2,1-3,5H3/t16-,21?,22?/m1/s1. The van der Waals surface area contributed by atoms with Crippen LogP contribution in [0.25, 0.3) is 0 Å². The Morgan fingerprint density at radius 1 is 1.28 bits per heavy atom. The van der Waals surface area contributed by atoms with Crippen LogP contribution in [0.5, 0.6) is 0 Å². The predicted molar refractivity (Wildman–Crippen MR) is 144 cm³/mol. The van der Waals surface area contributed by atoms with Gasteiger partial charge in [-0.3, -0.25) is 24.5 Å². The number of imide groups is 1. The van der Waals surface area contributed by atoms with Crippen LogP contribution in [0.4, 0.5) is 5.69 Å². The number of carbonyl (C=O) groups excluding carboxylic acids is 2. The van der Waals surface area contributed by atoms with E-state index in [0.29, 0.717) is 17.3 Å². The van der Waals surface area contributed by atoms with E-state index < -0.39 is 0 Å². The smallest absolute Gasteiger partial charge is 0.234 e. The zero-order chi connectivity index (χ0) is 25.8. The number of piperidine rings is 1. The maximum absolute atomic E-state index is 12.9. The van der Waals surface area contributed by atoms with Crippen LogP contribution in [0.1, 0.15) is 40.3 Å². The number of benzene rings is 1. The monoisotopic (exact) mass is 526 g/mol. The SMILES string of the molecule is C=Nc1cc(CN2C(=O)C3C(C2=O)C3(C)C)sc1C(=NC)c1cc(Cl)cc(C)c1C[C@@H]1CNCCO1. The first-order valence-electron chi connectivity index (χ1n) is 12.2. The van der Waals surface area contributed by atoms with Gasteiger partial charge in [-0.2, -0.15) is 0 Å². The van der Waals surface area contributed by atoms with Crippen molar-refractivity contribution < 1.29 is 14.3 Å². The summed E-state index contributed by atoms with van der Waals surface area (Å²) in [6.07, 6.45) is 0.795. The van der Waals surface area contributed by atoms with E-state index in [9.17, 15) is 9.59 Å². The molecule has 3 aliphatic rings. The van der Waals surface area contributed by atoms with Gasteiger partial charge in [0.15, 0.2) is 0 Å². The molecule has 9 heteroatoms. The molecule has 190 valence electrons. The van der Waals surface area contributed by atoms with Gasteiger partial charge in [0.2, 0.25) is 11.8 Å². The van der Waals surface area contributed by atoms with E-state index in [1.54, 1.807) is 7.05 Å². The lowest BCUT2D eigenvalue weighted by molar-refractivity contribution is -0.143. The van der Waals surface area contributed by atoms with Crippen molar-refractivity contribution in [1.29, 1.82) is 0 Å². The molecule has 5 rings (SSSR count). The molecule has 1 aromatic carbocycles. The lowest BCUT2D eigenvalue weighted by atomic mass is 9.92. The minimum atomic E-state index is -0.223. The zero-order valence-electron chi connectivity index (χ0n) is 21.1. The van der Waals surface area contributed by atoms with Crippen molar-refractivity contribution in [2.24, 2.45) is 27.2 Å². The van der Waals surface area contributed by atoms with Gasteiger partial charge in [-0.1, -0.05) is 25.4 Å². The van der Waals surface area contributed by atoms with Crippen molar-refractivity contribution in [3.05, 3.63) is 49.7 Å². The normalized spacial score (nSPS) is 25.3. The van der Waals surface area contributed by atoms with Crippen molar-refractivity contribution in [2.75, 3.05) is 26.7 Å². The molecule has 0 spiro atoms. The fraction of sp³-hybridized carbons (Fsp3) is 0.481. The Balaban J connectivity index is 1.47. The van der Waals surface area contributed by atoms with Crippen LogP contribution in [0, 0.1) is 24.2 Å². The van der Waals surface area contributed by atoms with Gasteiger partial charge in [0.1, 0.15) is 0 Å². The number of ether oxygens (including phenoxy) is 1. The van der Waals surface area contributed by atoms with Crippen LogP contribution in [0.15, 0.2) is 28.2 Å². The summed E-state index contributed by atoms with van der Waals surface area (Å²) in [5, 5.41) is 4.03. The molecule has 7 nitrogen and oxygen atoms in total. The number of hydrogen-bond acceptors (Lipinski definition) is 7. The van der Waals surface area contributed by atoms with E-state index in [4.69, 9.17) is 16.3 Å². The van der Waals surface area contributed by atoms with Crippen LogP contribution in [0.2, 0.25) is 5.02 Å². The van der Waals surface area contributed by atoms with Gasteiger partial charge >= 0.3 is 0 Å². The minimum Gasteiger partial charge on any atom is -0.375 e. The first-order valence-corrected chi connectivity index (χ1v) is 13.4. The Labute approximate surface area is 220 Å². The highest BCUT2D eigenvalue weighted by atomic mass is 35.5. The van der Waals surface area contributed by atoms with E-state index in [0.717, 1.165) is 51.7 Å². The van der Waals surface area contributed by atoms with Crippen molar-refractivity contribution in [3.63, 3.8) is 0 Å². The molecule has 2 amide bonds. The number of halogens is 1. The third-order valence-electron chi connectivity index (χ3n) is 7.71. The number of nitrogens with one attached hydrogen (secondary N) is 1. The first-order chi connectivity index (χ1) is 17.2. The summed E-state index contributed by atoms with van der Waals surface area (Å²) in [5.74, 6) is -0.530. The number of aryl methyl sites for hydroxylation is 1. The van der Waals surface area contributed by atoms with Gasteiger partial charge in [-0.25, -0.2) is 0 Å². The van der Waals surface area contributed by atoms with Gasteiger partial charge in [-0.05, 0) is 48.4 Å². The van der Waals surface area contributed by atoms with Crippen LogP contribution in [-0.2, 0) is 27.3 Å². The Morgan fingerprint density at radius 3 is 2.61 bits per heavy atom. The molecule has 3 heterocycles. The Hall–Kier alpha value is -2.39. The van der Waals surface area contributed by atoms with Gasteiger partial charge in [0.05, 0.1) is 47.4 Å². The number of morpholine rings is 1. The fourth-order valence-electron chi connectivity index (χ4n) is 5.69. The summed E-state index contributed by atoms with van der Waals surface area (Å²) in [6.45, 7) is 12.4. The van der Waals surface area contributed by atoms with Crippen LogP contribution in [-0.4, -0.2) is 62.0 Å². The number of nitrogens with zero attached hydrogens (tertiary/aromatic N) is 3. The van der Waals surface area contributed by atoms with E-state index in [1.165, 1.54) is 16.2 Å². The summed E-state index contributed by atoms with van der Waals surface area (Å²) in [4.78, 5) is 37.8. The fourth-order valence-corrected chi connectivity index (χ4v) is 7.11. The average molecular weight is 527 g/mol. The second kappa shape index (κ2) is 9.49. The molecule has 0 radical (unpaired) electrons. The maximum Gasteiger partial charge on any atom is 0.234 e. The molecular weight excluding hydrogens is 496 g/mol. The summed E-state index contributed by atoms with van der Waals surface area (Å²) < 4.78 is 5.98. The molecule has 2 aromatic rings.